The summed E-state index contributed by atoms with van der Waals surface area (Å²) >= 11 is 0. The van der Waals surface area contributed by atoms with Crippen LogP contribution in [0.25, 0.3) is 28.0 Å². The van der Waals surface area contributed by atoms with Crippen molar-refractivity contribution in [2.24, 2.45) is 0 Å². The fourth-order valence-corrected chi connectivity index (χ4v) is 5.32. The van der Waals surface area contributed by atoms with Crippen molar-refractivity contribution in [3.05, 3.63) is 69.5 Å². The summed E-state index contributed by atoms with van der Waals surface area (Å²) in [5.41, 5.74) is 1.64. The number of aromatic nitrogens is 5. The Kier molecular flexibility index (Phi) is 9.30. The van der Waals surface area contributed by atoms with Crippen LogP contribution in [0.2, 0.25) is 25.7 Å². The van der Waals surface area contributed by atoms with Gasteiger partial charge in [-0.1, -0.05) is 26.2 Å². The van der Waals surface area contributed by atoms with E-state index >= 15 is 0 Å². The second kappa shape index (κ2) is 12.5. The second-order valence-corrected chi connectivity index (χ2v) is 17.6. The Morgan fingerprint density at radius 2 is 1.85 bits per heavy atom. The Labute approximate surface area is 240 Å². The number of aliphatic hydroxyl groups is 1. The Bertz CT molecular complexity index is 1660. The molecule has 4 aromatic rings. The van der Waals surface area contributed by atoms with Crippen molar-refractivity contribution < 1.29 is 14.6 Å². The summed E-state index contributed by atoms with van der Waals surface area (Å²) in [7, 11) is -1.31. The third-order valence-corrected chi connectivity index (χ3v) is 8.63. The molecule has 0 aliphatic rings. The number of aliphatic hydroxyl groups excluding tert-OH is 1. The van der Waals surface area contributed by atoms with Gasteiger partial charge in [-0.05, 0) is 57.4 Å². The van der Waals surface area contributed by atoms with Gasteiger partial charge in [0.15, 0.2) is 11.1 Å². The zero-order valence-corrected chi connectivity index (χ0v) is 25.9. The van der Waals surface area contributed by atoms with Gasteiger partial charge in [-0.15, -0.1) is 0 Å². The maximum Gasteiger partial charge on any atom is 0.338 e. The fraction of sp³-hybridized carbons (Fsp3) is 0.467. The number of pyridine rings is 3. The lowest BCUT2D eigenvalue weighted by Crippen LogP contribution is -2.27. The maximum atomic E-state index is 14.0. The number of rotatable bonds is 13. The normalized spacial score (nSPS) is 13.5. The predicted molar refractivity (Wildman–Crippen MR) is 165 cm³/mol. The van der Waals surface area contributed by atoms with Crippen molar-refractivity contribution in [3.8, 4) is 11.6 Å². The van der Waals surface area contributed by atoms with Gasteiger partial charge >= 0.3 is 5.69 Å². The highest BCUT2D eigenvalue weighted by atomic mass is 28.3. The molecule has 0 aliphatic carbocycles. The Morgan fingerprint density at radius 1 is 1.10 bits per heavy atom. The molecule has 0 bridgehead atoms. The van der Waals surface area contributed by atoms with Gasteiger partial charge in [-0.25, -0.2) is 19.3 Å². The van der Waals surface area contributed by atoms with E-state index < -0.39 is 14.2 Å². The van der Waals surface area contributed by atoms with Gasteiger partial charge in [-0.3, -0.25) is 9.36 Å². The molecule has 0 aliphatic heterocycles. The van der Waals surface area contributed by atoms with Crippen LogP contribution in [-0.4, -0.2) is 56.2 Å². The maximum absolute atomic E-state index is 14.0. The number of fused-ring (bicyclic) bond motifs is 2. The van der Waals surface area contributed by atoms with Gasteiger partial charge in [0, 0.05) is 45.2 Å². The third-order valence-electron chi connectivity index (χ3n) is 6.92. The lowest BCUT2D eigenvalue weighted by molar-refractivity contribution is 0.0871. The number of imidazole rings is 1. The highest BCUT2D eigenvalue weighted by Crippen LogP contribution is 2.27. The van der Waals surface area contributed by atoms with E-state index in [-0.39, 0.29) is 30.5 Å². The molecule has 11 heteroatoms. The third kappa shape index (κ3) is 7.03. The smallest absolute Gasteiger partial charge is 0.338 e. The van der Waals surface area contributed by atoms with Gasteiger partial charge in [0.05, 0.1) is 11.5 Å². The fourth-order valence-electron chi connectivity index (χ4n) is 4.56. The molecule has 0 fully saturated rings. The first-order chi connectivity index (χ1) is 19.4. The molecule has 2 atom stereocenters. The molecular formula is C30H41N5O5Si. The lowest BCUT2D eigenvalue weighted by Gasteiger charge is -2.19. The van der Waals surface area contributed by atoms with Crippen LogP contribution in [0.3, 0.4) is 0 Å². The van der Waals surface area contributed by atoms with Crippen LogP contribution < -0.4 is 15.9 Å². The van der Waals surface area contributed by atoms with Crippen molar-refractivity contribution in [1.82, 2.24) is 23.7 Å². The summed E-state index contributed by atoms with van der Waals surface area (Å²) < 4.78 is 16.9. The Morgan fingerprint density at radius 3 is 2.54 bits per heavy atom. The van der Waals surface area contributed by atoms with Crippen LogP contribution in [0.5, 0.6) is 5.75 Å². The van der Waals surface area contributed by atoms with E-state index in [1.54, 1.807) is 37.5 Å². The van der Waals surface area contributed by atoms with Crippen LogP contribution in [-0.2, 0) is 11.5 Å². The number of hydrogen-bond acceptors (Lipinski definition) is 7. The molecule has 0 saturated heterocycles. The van der Waals surface area contributed by atoms with E-state index in [0.29, 0.717) is 53.2 Å². The van der Waals surface area contributed by atoms with E-state index in [4.69, 9.17) is 14.5 Å². The van der Waals surface area contributed by atoms with Crippen molar-refractivity contribution in [3.63, 3.8) is 0 Å². The molecular weight excluding hydrogens is 538 g/mol. The number of hydrogen-bond donors (Lipinski definition) is 1. The minimum absolute atomic E-state index is 0.0376. The molecule has 0 unspecified atom stereocenters. The molecule has 1 N–H and O–H groups in total. The largest absolute Gasteiger partial charge is 0.487 e. The number of ether oxygens (including phenoxy) is 2. The van der Waals surface area contributed by atoms with Gasteiger partial charge in [0.1, 0.15) is 36.1 Å². The van der Waals surface area contributed by atoms with Crippen LogP contribution >= 0.6 is 0 Å². The predicted octanol–water partition coefficient (Wildman–Crippen LogP) is 4.89. The van der Waals surface area contributed by atoms with Gasteiger partial charge in [-0.2, -0.15) is 0 Å². The molecule has 0 radical (unpaired) electrons. The molecule has 4 aromatic heterocycles. The van der Waals surface area contributed by atoms with E-state index in [1.807, 2.05) is 18.4 Å². The zero-order valence-electron chi connectivity index (χ0n) is 24.9. The first-order valence-electron chi connectivity index (χ1n) is 14.0. The van der Waals surface area contributed by atoms with E-state index in [9.17, 15) is 14.7 Å². The minimum atomic E-state index is -1.31. The van der Waals surface area contributed by atoms with Gasteiger partial charge in [0.2, 0.25) is 0 Å². The second-order valence-electron chi connectivity index (χ2n) is 12.0. The average molecular weight is 580 g/mol. The van der Waals surface area contributed by atoms with E-state index in [1.165, 1.54) is 15.2 Å². The van der Waals surface area contributed by atoms with E-state index in [2.05, 4.69) is 31.2 Å². The summed E-state index contributed by atoms with van der Waals surface area (Å²) in [4.78, 5) is 36.1. The van der Waals surface area contributed by atoms with Gasteiger partial charge in [0.25, 0.3) is 0 Å². The monoisotopic (exact) mass is 579 g/mol. The quantitative estimate of drug-likeness (QED) is 0.136. The molecule has 4 heterocycles. The molecule has 220 valence electrons. The minimum Gasteiger partial charge on any atom is -0.487 e. The highest BCUT2D eigenvalue weighted by Gasteiger charge is 2.22. The molecule has 0 amide bonds. The van der Waals surface area contributed by atoms with Crippen molar-refractivity contribution >= 4 is 30.3 Å². The van der Waals surface area contributed by atoms with Crippen molar-refractivity contribution in [2.75, 3.05) is 13.2 Å². The molecule has 0 aromatic carbocycles. The summed E-state index contributed by atoms with van der Waals surface area (Å²) in [6, 6.07) is 7.53. The molecule has 41 heavy (non-hydrogen) atoms. The highest BCUT2D eigenvalue weighted by molar-refractivity contribution is 6.76. The number of nitrogens with zero attached hydrogens (tertiary/aromatic N) is 5. The zero-order chi connectivity index (χ0) is 29.9. The lowest BCUT2D eigenvalue weighted by atomic mass is 10.1. The first kappa shape index (κ1) is 30.4. The summed E-state index contributed by atoms with van der Waals surface area (Å²) in [5.74, 6) is 0.803. The SMILES string of the molecule is C=C(C)COc1ccnc2c1n(-c1ccc3c(=O)ccn([C@@H](C)CC[C@H](C)O)c3n1)c(=O)n2COCC[Si](C)(C)C. The summed E-state index contributed by atoms with van der Waals surface area (Å²) in [6.45, 7) is 17.3. The van der Waals surface area contributed by atoms with Crippen LogP contribution in [0.1, 0.15) is 39.7 Å². The molecule has 10 nitrogen and oxygen atoms in total. The average Bonchev–Trinajstić information content (AvgIpc) is 3.19. The van der Waals surface area contributed by atoms with Crippen LogP contribution in [0.15, 0.2) is 58.4 Å². The standard InChI is InChI=1S/C30H41N5O5Si/c1-20(2)18-40-25-12-14-31-29-27(25)35(30(38)34(29)19-39-16-17-41(5,6)7)26-11-10-23-24(37)13-15-33(28(23)32-26)21(3)8-9-22(4)36/h10-15,21-22,36H,1,8-9,16-19H2,2-7H3/t21-,22-/m0/s1. The van der Waals surface area contributed by atoms with Crippen LogP contribution in [0.4, 0.5) is 0 Å². The summed E-state index contributed by atoms with van der Waals surface area (Å²) in [5, 5.41) is 10.3. The van der Waals surface area contributed by atoms with Gasteiger partial charge < -0.3 is 19.1 Å². The molecule has 4 rings (SSSR count). The van der Waals surface area contributed by atoms with Crippen molar-refractivity contribution in [1.29, 1.82) is 0 Å². The molecule has 0 spiro atoms. The summed E-state index contributed by atoms with van der Waals surface area (Å²) in [6.07, 6.45) is 4.19. The van der Waals surface area contributed by atoms with Crippen molar-refractivity contribution in [2.45, 2.75) is 78.2 Å². The topological polar surface area (TPSA) is 113 Å². The Balaban J connectivity index is 1.88. The first-order valence-corrected chi connectivity index (χ1v) is 17.7. The van der Waals surface area contributed by atoms with E-state index in [0.717, 1.165) is 11.6 Å². The van der Waals surface area contributed by atoms with Crippen LogP contribution in [0, 0.1) is 0 Å². The molecule has 0 saturated carbocycles. The Hall–Kier alpha value is -3.54.